The Labute approximate surface area is 294 Å². The number of amides is 5. The highest BCUT2D eigenvalue weighted by Crippen LogP contribution is 2.40. The van der Waals surface area contributed by atoms with Gasteiger partial charge >= 0.3 is 0 Å². The van der Waals surface area contributed by atoms with Crippen molar-refractivity contribution in [3.05, 3.63) is 71.8 Å². The molecule has 0 saturated carbocycles. The van der Waals surface area contributed by atoms with Crippen molar-refractivity contribution in [2.45, 2.75) is 104 Å². The molecule has 0 aromatic heterocycles. The molecule has 49 heavy (non-hydrogen) atoms. The Morgan fingerprint density at radius 2 is 1.45 bits per heavy atom. The van der Waals surface area contributed by atoms with E-state index in [2.05, 4.69) is 21.3 Å². The average molecular weight is 696 g/mol. The van der Waals surface area contributed by atoms with Gasteiger partial charge in [-0.15, -0.1) is 11.8 Å². The molecule has 1 aliphatic rings. The first kappa shape index (κ1) is 39.5. The molecule has 0 bridgehead atoms. The number of carbonyl (C=O) groups is 5. The Kier molecular flexibility index (Phi) is 13.1. The van der Waals surface area contributed by atoms with Crippen LogP contribution >= 0.6 is 11.8 Å². The number of hydrogen-bond acceptors (Lipinski definition) is 7. The van der Waals surface area contributed by atoms with Crippen molar-refractivity contribution >= 4 is 41.3 Å². The highest BCUT2D eigenvalue weighted by molar-refractivity contribution is 8.00. The third-order valence-corrected chi connectivity index (χ3v) is 9.66. The van der Waals surface area contributed by atoms with Gasteiger partial charge in [-0.25, -0.2) is 0 Å². The van der Waals surface area contributed by atoms with Crippen molar-refractivity contribution in [2.75, 3.05) is 12.4 Å². The van der Waals surface area contributed by atoms with Gasteiger partial charge in [-0.2, -0.15) is 0 Å². The van der Waals surface area contributed by atoms with Gasteiger partial charge < -0.3 is 31.3 Å². The monoisotopic (exact) mass is 695 g/mol. The second kappa shape index (κ2) is 16.2. The Morgan fingerprint density at radius 1 is 0.878 bits per heavy atom. The summed E-state index contributed by atoms with van der Waals surface area (Å²) >= 11 is 1.44. The molecule has 268 valence electrons. The van der Waals surface area contributed by atoms with Gasteiger partial charge in [0.15, 0.2) is 6.10 Å². The molecule has 0 spiro atoms. The predicted octanol–water partition coefficient (Wildman–Crippen LogP) is 3.33. The molecule has 1 aliphatic heterocycles. The Hall–Kier alpha value is -3.90. The number of rotatable bonds is 12. The van der Waals surface area contributed by atoms with Gasteiger partial charge in [-0.1, -0.05) is 102 Å². The highest BCUT2D eigenvalue weighted by atomic mass is 32.2. The minimum Gasteiger partial charge on any atom is -0.381 e. The molecule has 3 rings (SSSR count). The summed E-state index contributed by atoms with van der Waals surface area (Å²) in [6.45, 7) is 16.9. The largest absolute Gasteiger partial charge is 0.381 e. The minimum atomic E-state index is -1.70. The summed E-state index contributed by atoms with van der Waals surface area (Å²) in [5.74, 6) is -2.42. The van der Waals surface area contributed by atoms with Gasteiger partial charge in [0.25, 0.3) is 5.91 Å². The van der Waals surface area contributed by atoms with Crippen LogP contribution in [0.5, 0.6) is 0 Å². The lowest BCUT2D eigenvalue weighted by atomic mass is 9.85. The van der Waals surface area contributed by atoms with Crippen LogP contribution in [0.2, 0.25) is 0 Å². The van der Waals surface area contributed by atoms with Crippen LogP contribution in [-0.4, -0.2) is 80.9 Å². The molecule has 5 N–H and O–H groups in total. The van der Waals surface area contributed by atoms with Crippen LogP contribution in [0, 0.1) is 10.8 Å². The molecule has 0 radical (unpaired) electrons. The van der Waals surface area contributed by atoms with Crippen molar-refractivity contribution in [1.82, 2.24) is 26.2 Å². The fraction of sp³-hybridized carbons (Fsp3) is 0.541. The standard InChI is InChI=1S/C37H53N5O6S/c1-23(43)39-27(25-18-14-11-15-19-25)31(45)41-29(36(5,6)7)32(46)40-26(20-24-16-12-10-13-17-24)28(44)34(48)42-22-49-37(8,9)30(42)33(47)38-21-35(2,3)4/h10-19,26-30,44H,20-22H2,1-9H3,(H,38,47)(H,39,43)(H,40,46)(H,41,45)/t26-,27-,28-,29+,30+/m0/s1. The molecular weight excluding hydrogens is 643 g/mol. The quantitative estimate of drug-likeness (QED) is 0.228. The number of carbonyl (C=O) groups excluding carboxylic acids is 5. The van der Waals surface area contributed by atoms with E-state index in [1.807, 2.05) is 65.0 Å². The van der Waals surface area contributed by atoms with Crippen LogP contribution in [0.1, 0.15) is 79.5 Å². The lowest BCUT2D eigenvalue weighted by Crippen LogP contribution is -2.62. The second-order valence-corrected chi connectivity index (χ2v) is 17.1. The number of aliphatic hydroxyl groups is 1. The summed E-state index contributed by atoms with van der Waals surface area (Å²) in [5, 5.41) is 23.0. The van der Waals surface area contributed by atoms with Crippen molar-refractivity contribution in [3.8, 4) is 0 Å². The number of nitrogens with zero attached hydrogens (tertiary/aromatic N) is 1. The zero-order valence-electron chi connectivity index (χ0n) is 30.1. The van der Waals surface area contributed by atoms with Gasteiger partial charge in [0.2, 0.25) is 23.6 Å². The van der Waals surface area contributed by atoms with Gasteiger partial charge in [0.05, 0.1) is 11.9 Å². The van der Waals surface area contributed by atoms with Gasteiger partial charge in [0.1, 0.15) is 18.1 Å². The van der Waals surface area contributed by atoms with E-state index in [0.717, 1.165) is 5.56 Å². The molecule has 0 unspecified atom stereocenters. The zero-order valence-corrected chi connectivity index (χ0v) is 30.9. The second-order valence-electron chi connectivity index (χ2n) is 15.5. The van der Waals surface area contributed by atoms with Crippen LogP contribution in [-0.2, 0) is 30.4 Å². The number of thioether (sulfide) groups is 1. The Balaban J connectivity index is 1.91. The summed E-state index contributed by atoms with van der Waals surface area (Å²) in [6.07, 6.45) is -1.60. The summed E-state index contributed by atoms with van der Waals surface area (Å²) in [6, 6.07) is 13.7. The lowest BCUT2D eigenvalue weighted by molar-refractivity contribution is -0.148. The van der Waals surface area contributed by atoms with Crippen molar-refractivity contribution in [2.24, 2.45) is 10.8 Å². The smallest absolute Gasteiger partial charge is 0.254 e. The number of nitrogens with one attached hydrogen (secondary N) is 4. The maximum absolute atomic E-state index is 14.1. The molecule has 1 fully saturated rings. The fourth-order valence-corrected chi connectivity index (χ4v) is 6.77. The summed E-state index contributed by atoms with van der Waals surface area (Å²) in [4.78, 5) is 68.7. The maximum Gasteiger partial charge on any atom is 0.254 e. The van der Waals surface area contributed by atoms with E-state index in [4.69, 9.17) is 0 Å². The number of hydrogen-bond donors (Lipinski definition) is 5. The zero-order chi connectivity index (χ0) is 36.7. The van der Waals surface area contributed by atoms with Gasteiger partial charge in [-0.3, -0.25) is 24.0 Å². The van der Waals surface area contributed by atoms with E-state index < -0.39 is 64.1 Å². The molecule has 2 aromatic rings. The van der Waals surface area contributed by atoms with Crippen LogP contribution in [0.25, 0.3) is 0 Å². The SMILES string of the molecule is CC(=O)N[C@H](C(=O)N[C@H](C(=O)N[C@@H](Cc1ccccc1)[C@H](O)C(=O)N1CSC(C)(C)[C@H]1C(=O)NCC(C)(C)C)C(C)(C)C)c1ccccc1. The van der Waals surface area contributed by atoms with Crippen LogP contribution in [0.15, 0.2) is 60.7 Å². The number of benzene rings is 2. The number of aliphatic hydroxyl groups excluding tert-OH is 1. The van der Waals surface area contributed by atoms with Gasteiger partial charge in [0, 0.05) is 18.2 Å². The summed E-state index contributed by atoms with van der Waals surface area (Å²) in [7, 11) is 0. The topological polar surface area (TPSA) is 157 Å². The van der Waals surface area contributed by atoms with E-state index in [1.165, 1.54) is 23.6 Å². The first-order valence-corrected chi connectivity index (χ1v) is 17.6. The molecule has 5 amide bonds. The lowest BCUT2D eigenvalue weighted by Gasteiger charge is -2.36. The first-order chi connectivity index (χ1) is 22.7. The van der Waals surface area contributed by atoms with E-state index in [-0.39, 0.29) is 23.6 Å². The summed E-state index contributed by atoms with van der Waals surface area (Å²) < 4.78 is -0.625. The minimum absolute atomic E-state index is 0.105. The molecule has 0 aliphatic carbocycles. The van der Waals surface area contributed by atoms with Crippen molar-refractivity contribution in [1.29, 1.82) is 0 Å². The van der Waals surface area contributed by atoms with Crippen molar-refractivity contribution < 1.29 is 29.1 Å². The highest BCUT2D eigenvalue weighted by Gasteiger charge is 2.50. The van der Waals surface area contributed by atoms with Crippen LogP contribution in [0.4, 0.5) is 0 Å². The van der Waals surface area contributed by atoms with Crippen LogP contribution in [0.3, 0.4) is 0 Å². The third-order valence-electron chi connectivity index (χ3n) is 8.29. The molecule has 1 heterocycles. The molecule has 12 heteroatoms. The molecule has 1 saturated heterocycles. The van der Waals surface area contributed by atoms with Gasteiger partial charge in [-0.05, 0) is 42.2 Å². The van der Waals surface area contributed by atoms with E-state index in [1.54, 1.807) is 51.1 Å². The van der Waals surface area contributed by atoms with Crippen molar-refractivity contribution in [3.63, 3.8) is 0 Å². The first-order valence-electron chi connectivity index (χ1n) is 16.6. The summed E-state index contributed by atoms with van der Waals surface area (Å²) in [5.41, 5.74) is 0.322. The molecule has 2 aromatic carbocycles. The third kappa shape index (κ3) is 11.1. The molecule has 11 nitrogen and oxygen atoms in total. The van der Waals surface area contributed by atoms with Crippen LogP contribution < -0.4 is 21.3 Å². The average Bonchev–Trinajstić information content (AvgIpc) is 3.34. The van der Waals surface area contributed by atoms with E-state index in [0.29, 0.717) is 12.1 Å². The van der Waals surface area contributed by atoms with E-state index in [9.17, 15) is 29.1 Å². The molecule has 5 atom stereocenters. The predicted molar refractivity (Wildman–Crippen MR) is 192 cm³/mol. The molecular formula is C37H53N5O6S. The Bertz CT molecular complexity index is 1470. The van der Waals surface area contributed by atoms with E-state index >= 15 is 0 Å². The Morgan fingerprint density at radius 3 is 1.98 bits per heavy atom. The maximum atomic E-state index is 14.1. The fourth-order valence-electron chi connectivity index (χ4n) is 5.63. The normalized spacial score (nSPS) is 18.4.